The third-order valence-electron chi connectivity index (χ3n) is 4.18. The fourth-order valence-electron chi connectivity index (χ4n) is 2.93. The molecule has 0 saturated heterocycles. The molecule has 0 N–H and O–H groups in total. The first-order valence-corrected chi connectivity index (χ1v) is 8.87. The van der Waals surface area contributed by atoms with Crippen LogP contribution >= 0.6 is 11.3 Å². The molecule has 5 nitrogen and oxygen atoms in total. The number of nitrogens with zero attached hydrogens (tertiary/aromatic N) is 5. The number of hydrogen-bond donors (Lipinski definition) is 0. The number of rotatable bonds is 3. The van der Waals surface area contributed by atoms with Gasteiger partial charge in [-0.2, -0.15) is 11.3 Å². The highest BCUT2D eigenvalue weighted by Crippen LogP contribution is 2.23. The molecule has 6 heteroatoms. The fraction of sp³-hybridized carbons (Fsp3) is 0.0526. The molecule has 0 radical (unpaired) electrons. The maximum atomic E-state index is 4.77. The fourth-order valence-corrected chi connectivity index (χ4v) is 3.58. The van der Waals surface area contributed by atoms with Crippen LogP contribution in [0.25, 0.3) is 33.3 Å². The molecule has 4 heterocycles. The maximum absolute atomic E-state index is 4.77. The molecule has 25 heavy (non-hydrogen) atoms. The van der Waals surface area contributed by atoms with Crippen LogP contribution in [-0.2, 0) is 6.54 Å². The van der Waals surface area contributed by atoms with Gasteiger partial charge in [-0.05, 0) is 47.3 Å². The van der Waals surface area contributed by atoms with Gasteiger partial charge in [-0.25, -0.2) is 9.67 Å². The summed E-state index contributed by atoms with van der Waals surface area (Å²) < 4.78 is 1.85. The lowest BCUT2D eigenvalue weighted by Gasteiger charge is -2.05. The van der Waals surface area contributed by atoms with E-state index in [0.717, 1.165) is 38.9 Å². The van der Waals surface area contributed by atoms with Crippen LogP contribution in [0, 0.1) is 0 Å². The van der Waals surface area contributed by atoms with Crippen LogP contribution in [0.15, 0.2) is 65.5 Å². The summed E-state index contributed by atoms with van der Waals surface area (Å²) in [6, 6.07) is 16.3. The van der Waals surface area contributed by atoms with Gasteiger partial charge in [0.1, 0.15) is 5.52 Å². The van der Waals surface area contributed by atoms with E-state index >= 15 is 0 Å². The van der Waals surface area contributed by atoms with Crippen molar-refractivity contribution >= 4 is 33.4 Å². The average Bonchev–Trinajstić information content (AvgIpc) is 3.32. The minimum absolute atomic E-state index is 0.626. The predicted molar refractivity (Wildman–Crippen MR) is 99.5 cm³/mol. The highest BCUT2D eigenvalue weighted by molar-refractivity contribution is 7.08. The summed E-state index contributed by atoms with van der Waals surface area (Å²) in [6.45, 7) is 0.626. The largest absolute Gasteiger partial charge is 0.256 e. The number of aromatic nitrogens is 5. The van der Waals surface area contributed by atoms with Gasteiger partial charge in [0.2, 0.25) is 0 Å². The Balaban J connectivity index is 1.56. The molecular weight excluding hydrogens is 330 g/mol. The van der Waals surface area contributed by atoms with Crippen LogP contribution in [0.1, 0.15) is 5.56 Å². The van der Waals surface area contributed by atoms with Crippen LogP contribution in [0.2, 0.25) is 0 Å². The van der Waals surface area contributed by atoms with Crippen LogP contribution < -0.4 is 0 Å². The molecule has 0 unspecified atom stereocenters. The van der Waals surface area contributed by atoms with Gasteiger partial charge in [-0.1, -0.05) is 17.3 Å². The van der Waals surface area contributed by atoms with Crippen molar-refractivity contribution in [1.29, 1.82) is 0 Å². The summed E-state index contributed by atoms with van der Waals surface area (Å²) in [5.74, 6) is 0. The molecule has 5 aromatic rings. The lowest BCUT2D eigenvalue weighted by Crippen LogP contribution is -2.03. The Labute approximate surface area is 147 Å². The van der Waals surface area contributed by atoms with E-state index in [1.807, 2.05) is 35.1 Å². The van der Waals surface area contributed by atoms with Gasteiger partial charge in [-0.3, -0.25) is 4.98 Å². The molecule has 0 saturated carbocycles. The van der Waals surface area contributed by atoms with Crippen molar-refractivity contribution in [3.63, 3.8) is 0 Å². The van der Waals surface area contributed by atoms with E-state index < -0.39 is 0 Å². The monoisotopic (exact) mass is 343 g/mol. The second-order valence-corrected chi connectivity index (χ2v) is 6.61. The molecule has 0 amide bonds. The summed E-state index contributed by atoms with van der Waals surface area (Å²) in [5, 5.41) is 13.8. The number of pyridine rings is 2. The average molecular weight is 343 g/mol. The summed E-state index contributed by atoms with van der Waals surface area (Å²) >= 11 is 1.67. The molecule has 5 rings (SSSR count). The molecule has 0 aliphatic rings. The zero-order valence-electron chi connectivity index (χ0n) is 13.2. The third-order valence-corrected chi connectivity index (χ3v) is 4.86. The lowest BCUT2D eigenvalue weighted by molar-refractivity contribution is 0.665. The summed E-state index contributed by atoms with van der Waals surface area (Å²) in [5.41, 5.74) is 5.82. The van der Waals surface area contributed by atoms with E-state index in [-0.39, 0.29) is 0 Å². The molecule has 0 bridgehead atoms. The van der Waals surface area contributed by atoms with E-state index in [4.69, 9.17) is 4.98 Å². The Hall–Kier alpha value is -3.12. The number of benzene rings is 1. The molecule has 0 aliphatic carbocycles. The van der Waals surface area contributed by atoms with E-state index in [1.165, 1.54) is 0 Å². The quantitative estimate of drug-likeness (QED) is 0.494. The van der Waals surface area contributed by atoms with Crippen molar-refractivity contribution in [2.45, 2.75) is 6.54 Å². The summed E-state index contributed by atoms with van der Waals surface area (Å²) in [7, 11) is 0. The van der Waals surface area contributed by atoms with Gasteiger partial charge in [0.15, 0.2) is 5.65 Å². The van der Waals surface area contributed by atoms with Crippen molar-refractivity contribution < 1.29 is 0 Å². The standard InChI is InChI=1S/C19H13N5S/c1-2-14-10-13(3-4-16(14)20-8-1)11-24-19-18(22-23-24)6-5-17(21-19)15-7-9-25-12-15/h1-10,12H,11H2. The minimum atomic E-state index is 0.626. The van der Waals surface area contributed by atoms with Crippen LogP contribution in [-0.4, -0.2) is 25.0 Å². The van der Waals surface area contributed by atoms with Crippen LogP contribution in [0.5, 0.6) is 0 Å². The zero-order valence-corrected chi connectivity index (χ0v) is 14.0. The molecule has 0 atom stereocenters. The van der Waals surface area contributed by atoms with Gasteiger partial charge in [0.05, 0.1) is 17.8 Å². The molecule has 0 fully saturated rings. The highest BCUT2D eigenvalue weighted by Gasteiger charge is 2.09. The maximum Gasteiger partial charge on any atom is 0.179 e. The SMILES string of the molecule is c1cnc2ccc(Cn3nnc4ccc(-c5ccsc5)nc43)cc2c1. The molecule has 4 aromatic heterocycles. The van der Waals surface area contributed by atoms with Crippen molar-refractivity contribution in [2.75, 3.05) is 0 Å². The molecule has 120 valence electrons. The minimum Gasteiger partial charge on any atom is -0.256 e. The zero-order chi connectivity index (χ0) is 16.6. The van der Waals surface area contributed by atoms with Crippen LogP contribution in [0.3, 0.4) is 0 Å². The first-order chi connectivity index (χ1) is 12.4. The van der Waals surface area contributed by atoms with E-state index in [2.05, 4.69) is 50.3 Å². The number of fused-ring (bicyclic) bond motifs is 2. The first kappa shape index (κ1) is 14.2. The van der Waals surface area contributed by atoms with Crippen LogP contribution in [0.4, 0.5) is 0 Å². The molecule has 1 aromatic carbocycles. The van der Waals surface area contributed by atoms with Crippen molar-refractivity contribution in [3.8, 4) is 11.3 Å². The predicted octanol–water partition coefficient (Wildman–Crippen LogP) is 4.15. The third kappa shape index (κ3) is 2.56. The Morgan fingerprint density at radius 2 is 1.96 bits per heavy atom. The van der Waals surface area contributed by atoms with Gasteiger partial charge < -0.3 is 0 Å². The van der Waals surface area contributed by atoms with Gasteiger partial charge >= 0.3 is 0 Å². The van der Waals surface area contributed by atoms with Crippen molar-refractivity contribution in [2.24, 2.45) is 0 Å². The molecular formula is C19H13N5S. The van der Waals surface area contributed by atoms with Crippen molar-refractivity contribution in [3.05, 3.63) is 71.1 Å². The van der Waals surface area contributed by atoms with E-state index in [9.17, 15) is 0 Å². The van der Waals surface area contributed by atoms with Gasteiger partial charge in [-0.15, -0.1) is 5.10 Å². The summed E-state index contributed by atoms with van der Waals surface area (Å²) in [6.07, 6.45) is 1.81. The van der Waals surface area contributed by atoms with E-state index in [0.29, 0.717) is 6.54 Å². The molecule has 0 spiro atoms. The van der Waals surface area contributed by atoms with E-state index in [1.54, 1.807) is 11.3 Å². The smallest absolute Gasteiger partial charge is 0.179 e. The Kier molecular flexibility index (Phi) is 3.28. The highest BCUT2D eigenvalue weighted by atomic mass is 32.1. The number of thiophene rings is 1. The second-order valence-electron chi connectivity index (χ2n) is 5.83. The normalized spacial score (nSPS) is 11.4. The summed E-state index contributed by atoms with van der Waals surface area (Å²) in [4.78, 5) is 9.13. The van der Waals surface area contributed by atoms with Gasteiger partial charge in [0.25, 0.3) is 0 Å². The number of hydrogen-bond acceptors (Lipinski definition) is 5. The van der Waals surface area contributed by atoms with Crippen molar-refractivity contribution in [1.82, 2.24) is 25.0 Å². The molecule has 0 aliphatic heterocycles. The van der Waals surface area contributed by atoms with Gasteiger partial charge in [0, 0.05) is 22.5 Å². The second kappa shape index (κ2) is 5.75. The topological polar surface area (TPSA) is 56.5 Å². The Morgan fingerprint density at radius 1 is 1.00 bits per heavy atom. The lowest BCUT2D eigenvalue weighted by atomic mass is 10.1. The first-order valence-electron chi connectivity index (χ1n) is 7.93. The Bertz CT molecular complexity index is 1180. The Morgan fingerprint density at radius 3 is 2.88 bits per heavy atom.